The van der Waals surface area contributed by atoms with E-state index in [0.717, 1.165) is 29.4 Å². The maximum absolute atomic E-state index is 13.4. The SMILES string of the molecule is COP(C)(O)(OC)N1CCC(c2cn(-c3ccc(F)cc3)c3ccc(Cl)cc23)CC1. The first-order chi connectivity index (χ1) is 14.2. The van der Waals surface area contributed by atoms with Crippen LogP contribution in [0.4, 0.5) is 4.39 Å². The summed E-state index contributed by atoms with van der Waals surface area (Å²) in [6, 6.07) is 12.4. The van der Waals surface area contributed by atoms with Crippen LogP contribution in [0, 0.1) is 5.82 Å². The minimum absolute atomic E-state index is 0.257. The van der Waals surface area contributed by atoms with Gasteiger partial charge in [0.25, 0.3) is 0 Å². The molecule has 0 radical (unpaired) electrons. The van der Waals surface area contributed by atoms with E-state index >= 15 is 0 Å². The monoisotopic (exact) mass is 452 g/mol. The van der Waals surface area contributed by atoms with E-state index in [1.807, 2.05) is 22.9 Å². The fourth-order valence-corrected chi connectivity index (χ4v) is 6.22. The van der Waals surface area contributed by atoms with E-state index in [-0.39, 0.29) is 5.82 Å². The van der Waals surface area contributed by atoms with Gasteiger partial charge in [0.15, 0.2) is 0 Å². The molecule has 30 heavy (non-hydrogen) atoms. The summed E-state index contributed by atoms with van der Waals surface area (Å²) in [7, 11) is -0.768. The number of hydrogen-bond donors (Lipinski definition) is 1. The number of benzene rings is 2. The van der Waals surface area contributed by atoms with Crippen LogP contribution >= 0.6 is 19.0 Å². The van der Waals surface area contributed by atoms with Crippen LogP contribution in [0.5, 0.6) is 0 Å². The number of fused-ring (bicyclic) bond motifs is 1. The first kappa shape index (κ1) is 21.7. The molecule has 3 aromatic rings. The predicted molar refractivity (Wildman–Crippen MR) is 121 cm³/mol. The van der Waals surface area contributed by atoms with Crippen molar-refractivity contribution in [1.29, 1.82) is 0 Å². The Morgan fingerprint density at radius 2 is 1.70 bits per heavy atom. The summed E-state index contributed by atoms with van der Waals surface area (Å²) in [5.74, 6) is 0.0464. The van der Waals surface area contributed by atoms with Crippen molar-refractivity contribution < 1.29 is 18.3 Å². The summed E-state index contributed by atoms with van der Waals surface area (Å²) >= 11 is 6.32. The van der Waals surface area contributed by atoms with Crippen LogP contribution in [0.25, 0.3) is 16.6 Å². The third-order valence-electron chi connectivity index (χ3n) is 6.29. The van der Waals surface area contributed by atoms with Crippen molar-refractivity contribution in [3.63, 3.8) is 0 Å². The Kier molecular flexibility index (Phi) is 5.69. The van der Waals surface area contributed by atoms with Crippen LogP contribution in [0.15, 0.2) is 48.7 Å². The quantitative estimate of drug-likeness (QED) is 0.502. The van der Waals surface area contributed by atoms with Gasteiger partial charge < -0.3 is 0 Å². The molecule has 8 heteroatoms. The first-order valence-electron chi connectivity index (χ1n) is 9.95. The van der Waals surface area contributed by atoms with Gasteiger partial charge in [-0.25, -0.2) is 0 Å². The van der Waals surface area contributed by atoms with Crippen LogP contribution in [0.2, 0.25) is 5.02 Å². The second-order valence-electron chi connectivity index (χ2n) is 7.94. The molecule has 0 atom stereocenters. The van der Waals surface area contributed by atoms with E-state index < -0.39 is 7.43 Å². The van der Waals surface area contributed by atoms with Gasteiger partial charge in [0, 0.05) is 0 Å². The normalized spacial score (nSPS) is 17.9. The van der Waals surface area contributed by atoms with Crippen LogP contribution in [0.3, 0.4) is 0 Å². The van der Waals surface area contributed by atoms with Gasteiger partial charge in [-0.15, -0.1) is 0 Å². The Bertz CT molecular complexity index is 1050. The molecule has 0 bridgehead atoms. The summed E-state index contributed by atoms with van der Waals surface area (Å²) in [5, 5.41) is 1.78. The second-order valence-corrected chi connectivity index (χ2v) is 12.2. The molecule has 162 valence electrons. The van der Waals surface area contributed by atoms with Crippen molar-refractivity contribution in [2.75, 3.05) is 34.0 Å². The first-order valence-corrected chi connectivity index (χ1v) is 12.8. The molecule has 1 aliphatic heterocycles. The summed E-state index contributed by atoms with van der Waals surface area (Å²) in [6.07, 6.45) is 3.84. The third-order valence-corrected chi connectivity index (χ3v) is 9.89. The zero-order valence-electron chi connectivity index (χ0n) is 17.4. The van der Waals surface area contributed by atoms with E-state index in [1.54, 1.807) is 18.8 Å². The molecule has 0 unspecified atom stereocenters. The van der Waals surface area contributed by atoms with Crippen molar-refractivity contribution in [2.24, 2.45) is 0 Å². The van der Waals surface area contributed by atoms with Gasteiger partial charge in [0.05, 0.1) is 0 Å². The second kappa shape index (κ2) is 7.86. The van der Waals surface area contributed by atoms with Crippen LogP contribution in [-0.4, -0.2) is 48.1 Å². The zero-order chi connectivity index (χ0) is 21.5. The van der Waals surface area contributed by atoms with Crippen molar-refractivity contribution in [1.82, 2.24) is 9.24 Å². The number of piperidine rings is 1. The zero-order valence-corrected chi connectivity index (χ0v) is 19.0. The van der Waals surface area contributed by atoms with E-state index in [4.69, 9.17) is 20.6 Å². The summed E-state index contributed by atoms with van der Waals surface area (Å²) < 4.78 is 28.3. The van der Waals surface area contributed by atoms with Gasteiger partial charge in [-0.3, -0.25) is 0 Å². The van der Waals surface area contributed by atoms with Crippen molar-refractivity contribution in [3.05, 3.63) is 65.1 Å². The van der Waals surface area contributed by atoms with E-state index in [9.17, 15) is 9.28 Å². The Morgan fingerprint density at radius 1 is 1.07 bits per heavy atom. The standard InChI is InChI=1S/C22H27ClFN2O3P/c1-28-30(3,27,29-2)25-12-10-16(11-13-25)21-15-26(19-7-5-18(24)6-8-19)22-9-4-17(23)14-20(21)22/h4-9,14-16,27H,10-13H2,1-3H3. The Labute approximate surface area is 181 Å². The number of aromatic nitrogens is 1. The molecule has 0 spiro atoms. The van der Waals surface area contributed by atoms with Gasteiger partial charge in [-0.05, 0) is 0 Å². The molecule has 2 aromatic carbocycles. The average Bonchev–Trinajstić information content (AvgIpc) is 3.13. The Balaban J connectivity index is 1.69. The van der Waals surface area contributed by atoms with Crippen LogP contribution in [0.1, 0.15) is 24.3 Å². The van der Waals surface area contributed by atoms with E-state index in [2.05, 4.69) is 10.8 Å². The topological polar surface area (TPSA) is 46.9 Å². The molecule has 1 N–H and O–H groups in total. The molecule has 1 fully saturated rings. The fourth-order valence-electron chi connectivity index (χ4n) is 4.30. The molecule has 0 amide bonds. The van der Waals surface area contributed by atoms with Crippen molar-refractivity contribution in [3.8, 4) is 5.69 Å². The van der Waals surface area contributed by atoms with Gasteiger partial charge in [0.1, 0.15) is 0 Å². The number of rotatable bonds is 5. The Hall–Kier alpha value is -1.53. The molecular weight excluding hydrogens is 426 g/mol. The number of halogens is 2. The van der Waals surface area contributed by atoms with Gasteiger partial charge in [0.2, 0.25) is 0 Å². The number of hydrogen-bond acceptors (Lipinski definition) is 4. The molecule has 0 aliphatic carbocycles. The third kappa shape index (κ3) is 3.77. The molecule has 5 nitrogen and oxygen atoms in total. The number of nitrogens with zero attached hydrogens (tertiary/aromatic N) is 2. The summed E-state index contributed by atoms with van der Waals surface area (Å²) in [6.45, 7) is 2.99. The molecule has 1 aromatic heterocycles. The van der Waals surface area contributed by atoms with Crippen molar-refractivity contribution >= 4 is 29.9 Å². The van der Waals surface area contributed by atoms with E-state index in [0.29, 0.717) is 24.0 Å². The Morgan fingerprint density at radius 3 is 2.30 bits per heavy atom. The molecule has 0 saturated carbocycles. The maximum atomic E-state index is 13.4. The van der Waals surface area contributed by atoms with Crippen molar-refractivity contribution in [2.45, 2.75) is 18.8 Å². The molecular formula is C22H27ClFN2O3P. The van der Waals surface area contributed by atoms with Crippen LogP contribution in [-0.2, 0) is 9.05 Å². The molecule has 1 saturated heterocycles. The van der Waals surface area contributed by atoms with Gasteiger partial charge >= 0.3 is 181 Å². The minimum atomic E-state index is -3.75. The van der Waals surface area contributed by atoms with Crippen LogP contribution < -0.4 is 0 Å². The van der Waals surface area contributed by atoms with Gasteiger partial charge in [-0.1, -0.05) is 0 Å². The summed E-state index contributed by atoms with van der Waals surface area (Å²) in [5.41, 5.74) is 3.15. The predicted octanol–water partition coefficient (Wildman–Crippen LogP) is 5.73. The fraction of sp³-hybridized carbons (Fsp3) is 0.364. The molecule has 4 rings (SSSR count). The summed E-state index contributed by atoms with van der Waals surface area (Å²) in [4.78, 5) is 11.0. The molecule has 1 aliphatic rings. The van der Waals surface area contributed by atoms with Gasteiger partial charge in [-0.2, -0.15) is 0 Å². The average molecular weight is 453 g/mol. The molecule has 2 heterocycles. The van der Waals surface area contributed by atoms with E-state index in [1.165, 1.54) is 31.9 Å².